The number of hydrogen-bond donors (Lipinski definition) is 0. The minimum absolute atomic E-state index is 0.457. The highest BCUT2D eigenvalue weighted by Gasteiger charge is 2.14. The summed E-state index contributed by atoms with van der Waals surface area (Å²) < 4.78 is 7.85. The molecule has 0 saturated heterocycles. The van der Waals surface area contributed by atoms with E-state index < -0.39 is 8.07 Å². The summed E-state index contributed by atoms with van der Waals surface area (Å²) in [6, 6.07) is 7.38. The highest BCUT2D eigenvalue weighted by molar-refractivity contribution is 6.76. The van der Waals surface area contributed by atoms with Crippen LogP contribution in [-0.2, 0) is 22.7 Å². The minimum atomic E-state index is -1.10. The van der Waals surface area contributed by atoms with Gasteiger partial charge in [-0.3, -0.25) is 4.79 Å². The van der Waals surface area contributed by atoms with E-state index in [0.29, 0.717) is 6.73 Å². The van der Waals surface area contributed by atoms with Crippen LogP contribution in [0.5, 0.6) is 0 Å². The molecule has 0 spiro atoms. The van der Waals surface area contributed by atoms with Gasteiger partial charge in [0.2, 0.25) is 0 Å². The first kappa shape index (κ1) is 20.4. The summed E-state index contributed by atoms with van der Waals surface area (Å²) in [6.45, 7) is 10.4. The van der Waals surface area contributed by atoms with E-state index in [9.17, 15) is 4.79 Å². The molecule has 0 saturated carbocycles. The Kier molecular flexibility index (Phi) is 6.78. The molecule has 1 aromatic heterocycles. The van der Waals surface area contributed by atoms with Gasteiger partial charge >= 0.3 is 0 Å². The standard InChI is InChI=1S/C20H31N3O2Si/c1-7-18-17-9-8-16(19(10-11-24)22(2)3)14-20(17)23(21-18)15-25-12-13-26(4,5)6/h8-11,14H,7,12-13,15H2,1-6H3/b19-10-. The first-order valence-electron chi connectivity index (χ1n) is 9.17. The number of ether oxygens (including phenoxy) is 1. The molecule has 0 aliphatic carbocycles. The largest absolute Gasteiger partial charge is 0.377 e. The Morgan fingerprint density at radius 3 is 2.62 bits per heavy atom. The number of aldehydes is 1. The number of allylic oxidation sites excluding steroid dienone is 1. The van der Waals surface area contributed by atoms with Gasteiger partial charge in [0.05, 0.1) is 11.2 Å². The molecule has 0 radical (unpaired) electrons. The molecule has 142 valence electrons. The molecular weight excluding hydrogens is 342 g/mol. The Balaban J connectivity index is 2.33. The SMILES string of the molecule is CCc1nn(COCC[Si](C)(C)C)c2cc(/C(=C/C=O)N(C)C)ccc12. The molecule has 1 aromatic carbocycles. The van der Waals surface area contributed by atoms with Gasteiger partial charge in [0.25, 0.3) is 0 Å². The normalized spacial score (nSPS) is 12.6. The quantitative estimate of drug-likeness (QED) is 0.288. The van der Waals surface area contributed by atoms with Gasteiger partial charge in [0.1, 0.15) is 13.0 Å². The summed E-state index contributed by atoms with van der Waals surface area (Å²) in [4.78, 5) is 12.9. The van der Waals surface area contributed by atoms with Crippen LogP contribution in [0.25, 0.3) is 16.6 Å². The molecule has 6 heteroatoms. The molecule has 26 heavy (non-hydrogen) atoms. The summed E-state index contributed by atoms with van der Waals surface area (Å²) in [5, 5.41) is 5.88. The summed E-state index contributed by atoms with van der Waals surface area (Å²) in [6.07, 6.45) is 3.29. The van der Waals surface area contributed by atoms with Crippen molar-refractivity contribution in [2.45, 2.75) is 45.8 Å². The fourth-order valence-corrected chi connectivity index (χ4v) is 3.62. The van der Waals surface area contributed by atoms with Gasteiger partial charge in [-0.05, 0) is 18.5 Å². The van der Waals surface area contributed by atoms with Gasteiger partial charge in [0, 0.05) is 51.5 Å². The second-order valence-corrected chi connectivity index (χ2v) is 13.6. The van der Waals surface area contributed by atoms with E-state index in [0.717, 1.165) is 53.2 Å². The number of aryl methyl sites for hydroxylation is 1. The van der Waals surface area contributed by atoms with Crippen LogP contribution in [0.4, 0.5) is 0 Å². The summed E-state index contributed by atoms with van der Waals surface area (Å²) in [7, 11) is 2.78. The first-order valence-corrected chi connectivity index (χ1v) is 12.9. The molecule has 0 unspecified atom stereocenters. The van der Waals surface area contributed by atoms with Gasteiger partial charge in [0.15, 0.2) is 0 Å². The topological polar surface area (TPSA) is 47.4 Å². The number of rotatable bonds is 9. The van der Waals surface area contributed by atoms with Gasteiger partial charge in [-0.25, -0.2) is 4.68 Å². The van der Waals surface area contributed by atoms with Crippen molar-refractivity contribution in [2.24, 2.45) is 0 Å². The lowest BCUT2D eigenvalue weighted by molar-refractivity contribution is -0.104. The van der Waals surface area contributed by atoms with E-state index in [1.54, 1.807) is 6.08 Å². The number of benzene rings is 1. The molecule has 0 atom stereocenters. The highest BCUT2D eigenvalue weighted by atomic mass is 28.3. The van der Waals surface area contributed by atoms with E-state index >= 15 is 0 Å². The Labute approximate surface area is 157 Å². The predicted octanol–water partition coefficient (Wildman–Crippen LogP) is 4.01. The molecule has 0 aliphatic heterocycles. The summed E-state index contributed by atoms with van der Waals surface area (Å²) >= 11 is 0. The van der Waals surface area contributed by atoms with Crippen molar-refractivity contribution in [3.8, 4) is 0 Å². The van der Waals surface area contributed by atoms with Crippen LogP contribution in [0.1, 0.15) is 18.2 Å². The molecule has 0 N–H and O–H groups in total. The summed E-state index contributed by atoms with van der Waals surface area (Å²) in [5.74, 6) is 0. The second-order valence-electron chi connectivity index (χ2n) is 7.96. The van der Waals surface area contributed by atoms with E-state index in [-0.39, 0.29) is 0 Å². The van der Waals surface area contributed by atoms with Crippen LogP contribution in [-0.4, -0.2) is 49.7 Å². The molecule has 0 aliphatic rings. The highest BCUT2D eigenvalue weighted by Crippen LogP contribution is 2.25. The average Bonchev–Trinajstić information content (AvgIpc) is 2.92. The van der Waals surface area contributed by atoms with Crippen LogP contribution in [0, 0.1) is 0 Å². The monoisotopic (exact) mass is 373 g/mol. The lowest BCUT2D eigenvalue weighted by Gasteiger charge is -2.17. The van der Waals surface area contributed by atoms with Crippen molar-refractivity contribution < 1.29 is 9.53 Å². The maximum Gasteiger partial charge on any atom is 0.144 e. The number of hydrogen-bond acceptors (Lipinski definition) is 4. The third-order valence-corrected chi connectivity index (χ3v) is 6.08. The molecule has 1 heterocycles. The number of carbonyl (C=O) groups excluding carboxylic acids is 1. The smallest absolute Gasteiger partial charge is 0.144 e. The van der Waals surface area contributed by atoms with Crippen LogP contribution in [0.3, 0.4) is 0 Å². The van der Waals surface area contributed by atoms with Crippen molar-refractivity contribution in [1.82, 2.24) is 14.7 Å². The van der Waals surface area contributed by atoms with Crippen LogP contribution >= 0.6 is 0 Å². The Morgan fingerprint density at radius 1 is 1.31 bits per heavy atom. The Morgan fingerprint density at radius 2 is 2.04 bits per heavy atom. The lowest BCUT2D eigenvalue weighted by Crippen LogP contribution is -2.22. The van der Waals surface area contributed by atoms with Crippen LogP contribution < -0.4 is 0 Å². The molecule has 0 fully saturated rings. The molecular formula is C20H31N3O2Si. The number of nitrogens with zero attached hydrogens (tertiary/aromatic N) is 3. The van der Waals surface area contributed by atoms with Crippen LogP contribution in [0.15, 0.2) is 24.3 Å². The zero-order valence-electron chi connectivity index (χ0n) is 16.9. The molecule has 0 bridgehead atoms. The van der Waals surface area contributed by atoms with E-state index in [1.807, 2.05) is 23.7 Å². The summed E-state index contributed by atoms with van der Waals surface area (Å²) in [5.41, 5.74) is 4.00. The lowest BCUT2D eigenvalue weighted by atomic mass is 10.1. The average molecular weight is 374 g/mol. The number of aromatic nitrogens is 2. The fraction of sp³-hybridized carbons (Fsp3) is 0.500. The van der Waals surface area contributed by atoms with E-state index in [4.69, 9.17) is 9.84 Å². The molecule has 2 aromatic rings. The van der Waals surface area contributed by atoms with E-state index in [2.05, 4.69) is 44.8 Å². The van der Waals surface area contributed by atoms with E-state index in [1.165, 1.54) is 0 Å². The molecule has 2 rings (SSSR count). The second kappa shape index (κ2) is 8.64. The van der Waals surface area contributed by atoms with Crippen molar-refractivity contribution in [1.29, 1.82) is 0 Å². The van der Waals surface area contributed by atoms with Gasteiger partial charge < -0.3 is 9.64 Å². The number of carbonyl (C=O) groups is 1. The van der Waals surface area contributed by atoms with Crippen molar-refractivity contribution >= 4 is 31.0 Å². The third kappa shape index (κ3) is 5.05. The van der Waals surface area contributed by atoms with Gasteiger partial charge in [-0.15, -0.1) is 0 Å². The minimum Gasteiger partial charge on any atom is -0.377 e. The fourth-order valence-electron chi connectivity index (χ4n) is 2.86. The van der Waals surface area contributed by atoms with Gasteiger partial charge in [-0.2, -0.15) is 5.10 Å². The Bertz CT molecular complexity index is 788. The molecule has 0 amide bonds. The predicted molar refractivity (Wildman–Crippen MR) is 111 cm³/mol. The first-order chi connectivity index (χ1) is 12.3. The maximum absolute atomic E-state index is 11.0. The van der Waals surface area contributed by atoms with Crippen molar-refractivity contribution in [3.63, 3.8) is 0 Å². The number of fused-ring (bicyclic) bond motifs is 1. The zero-order valence-corrected chi connectivity index (χ0v) is 17.9. The van der Waals surface area contributed by atoms with Crippen LogP contribution in [0.2, 0.25) is 25.7 Å². The molecule has 5 nitrogen and oxygen atoms in total. The zero-order chi connectivity index (χ0) is 19.3. The van der Waals surface area contributed by atoms with Gasteiger partial charge in [-0.1, -0.05) is 38.7 Å². The maximum atomic E-state index is 11.0. The Hall–Kier alpha value is -1.92. The third-order valence-electron chi connectivity index (χ3n) is 4.38. The van der Waals surface area contributed by atoms with Crippen molar-refractivity contribution in [2.75, 3.05) is 20.7 Å². The van der Waals surface area contributed by atoms with Crippen molar-refractivity contribution in [3.05, 3.63) is 35.5 Å².